The van der Waals surface area contributed by atoms with Gasteiger partial charge in [-0.1, -0.05) is 26.0 Å². The van der Waals surface area contributed by atoms with Crippen LogP contribution in [0, 0.1) is 0 Å². The van der Waals surface area contributed by atoms with Crippen molar-refractivity contribution in [1.29, 1.82) is 0 Å². The smallest absolute Gasteiger partial charge is 0.217 e. The number of hydrogen-bond donors (Lipinski definition) is 1. The topological polar surface area (TPSA) is 56.0 Å². The highest BCUT2D eigenvalue weighted by Crippen LogP contribution is 2.23. The van der Waals surface area contributed by atoms with Crippen molar-refractivity contribution in [3.63, 3.8) is 0 Å². The van der Waals surface area contributed by atoms with Crippen LogP contribution in [0.5, 0.6) is 0 Å². The van der Waals surface area contributed by atoms with Crippen molar-refractivity contribution >= 4 is 16.7 Å². The summed E-state index contributed by atoms with van der Waals surface area (Å²) in [5.74, 6) is 0.201. The molecule has 0 atom stereocenters. The van der Waals surface area contributed by atoms with Crippen LogP contribution in [-0.4, -0.2) is 10.9 Å². The second-order valence-electron chi connectivity index (χ2n) is 4.86. The number of pyridine rings is 1. The molecule has 0 saturated carbocycles. The Kier molecular flexibility index (Phi) is 3.60. The molecule has 2 N–H and O–H groups in total. The maximum absolute atomic E-state index is 10.9. The largest absolute Gasteiger partial charge is 0.370 e. The maximum atomic E-state index is 10.9. The van der Waals surface area contributed by atoms with Gasteiger partial charge in [-0.3, -0.25) is 9.78 Å². The van der Waals surface area contributed by atoms with Gasteiger partial charge in [0.15, 0.2) is 0 Å². The van der Waals surface area contributed by atoms with Gasteiger partial charge in [0.05, 0.1) is 0 Å². The molecule has 0 unspecified atom stereocenters. The van der Waals surface area contributed by atoms with Crippen LogP contribution >= 0.6 is 0 Å². The minimum atomic E-state index is -0.284. The average Bonchev–Trinajstić information content (AvgIpc) is 2.35. The summed E-state index contributed by atoms with van der Waals surface area (Å²) >= 11 is 0. The van der Waals surface area contributed by atoms with Crippen LogP contribution in [0.1, 0.15) is 37.4 Å². The molecule has 0 fully saturated rings. The highest BCUT2D eigenvalue weighted by molar-refractivity contribution is 5.85. The van der Waals surface area contributed by atoms with Gasteiger partial charge in [0, 0.05) is 23.7 Å². The fourth-order valence-electron chi connectivity index (χ4n) is 2.05. The summed E-state index contributed by atoms with van der Waals surface area (Å²) in [5, 5.41) is 2.29. The van der Waals surface area contributed by atoms with E-state index in [1.165, 1.54) is 5.56 Å². The van der Waals surface area contributed by atoms with Crippen molar-refractivity contribution in [3.05, 3.63) is 41.7 Å². The highest BCUT2D eigenvalue weighted by Gasteiger charge is 2.07. The molecular weight excluding hydrogens is 224 g/mol. The number of nitrogens with two attached hydrogens (primary N) is 1. The molecular formula is C15H18N2O. The summed E-state index contributed by atoms with van der Waals surface area (Å²) < 4.78 is 0. The van der Waals surface area contributed by atoms with E-state index in [1.54, 1.807) is 6.20 Å². The number of primary amides is 1. The summed E-state index contributed by atoms with van der Waals surface area (Å²) in [5.41, 5.74) is 7.44. The number of amides is 1. The fourth-order valence-corrected chi connectivity index (χ4v) is 2.05. The SMILES string of the molecule is CC(C)c1ccc2ccnc(CCC(N)=O)c2c1. The third-order valence-electron chi connectivity index (χ3n) is 3.15. The molecule has 1 amide bonds. The lowest BCUT2D eigenvalue weighted by Gasteiger charge is -2.09. The van der Waals surface area contributed by atoms with Gasteiger partial charge in [-0.15, -0.1) is 0 Å². The van der Waals surface area contributed by atoms with E-state index in [0.29, 0.717) is 18.8 Å². The molecule has 0 aliphatic heterocycles. The quantitative estimate of drug-likeness (QED) is 0.896. The first-order chi connectivity index (χ1) is 8.58. The number of rotatable bonds is 4. The van der Waals surface area contributed by atoms with E-state index in [9.17, 15) is 4.79 Å². The Morgan fingerprint density at radius 2 is 2.11 bits per heavy atom. The Morgan fingerprint density at radius 3 is 2.78 bits per heavy atom. The molecule has 18 heavy (non-hydrogen) atoms. The van der Waals surface area contributed by atoms with E-state index in [-0.39, 0.29) is 5.91 Å². The van der Waals surface area contributed by atoms with Gasteiger partial charge in [-0.05, 0) is 35.4 Å². The molecule has 0 aliphatic carbocycles. The molecule has 2 aromatic rings. The third kappa shape index (κ3) is 2.67. The molecule has 3 heteroatoms. The van der Waals surface area contributed by atoms with Crippen LogP contribution in [0.4, 0.5) is 0 Å². The van der Waals surface area contributed by atoms with E-state index in [2.05, 4.69) is 37.0 Å². The molecule has 1 aromatic heterocycles. The zero-order valence-electron chi connectivity index (χ0n) is 10.8. The first-order valence-electron chi connectivity index (χ1n) is 6.24. The molecule has 3 nitrogen and oxygen atoms in total. The van der Waals surface area contributed by atoms with Gasteiger partial charge in [0.2, 0.25) is 5.91 Å². The summed E-state index contributed by atoms with van der Waals surface area (Å²) in [4.78, 5) is 15.2. The molecule has 94 valence electrons. The highest BCUT2D eigenvalue weighted by atomic mass is 16.1. The molecule has 2 rings (SSSR count). The summed E-state index contributed by atoms with van der Waals surface area (Å²) in [7, 11) is 0. The number of carbonyl (C=O) groups is 1. The first-order valence-corrected chi connectivity index (χ1v) is 6.24. The van der Waals surface area contributed by atoms with Crippen molar-refractivity contribution in [3.8, 4) is 0 Å². The Labute approximate surface area is 107 Å². The lowest BCUT2D eigenvalue weighted by atomic mass is 9.98. The zero-order chi connectivity index (χ0) is 13.1. The molecule has 0 saturated heterocycles. The lowest BCUT2D eigenvalue weighted by molar-refractivity contribution is -0.117. The van der Waals surface area contributed by atoms with Crippen LogP contribution in [-0.2, 0) is 11.2 Å². The Morgan fingerprint density at radius 1 is 1.33 bits per heavy atom. The van der Waals surface area contributed by atoms with Gasteiger partial charge >= 0.3 is 0 Å². The molecule has 0 bridgehead atoms. The Balaban J connectivity index is 2.45. The molecule has 0 radical (unpaired) electrons. The molecule has 0 spiro atoms. The monoisotopic (exact) mass is 242 g/mol. The number of fused-ring (bicyclic) bond motifs is 1. The normalized spacial score (nSPS) is 11.1. The van der Waals surface area contributed by atoms with Crippen LogP contribution in [0.3, 0.4) is 0 Å². The van der Waals surface area contributed by atoms with Crippen molar-refractivity contribution < 1.29 is 4.79 Å². The Hall–Kier alpha value is -1.90. The standard InChI is InChI=1S/C15H18N2O/c1-10(2)12-4-3-11-7-8-17-14(13(11)9-12)5-6-15(16)18/h3-4,7-10H,5-6H2,1-2H3,(H2,16,18). The minimum absolute atomic E-state index is 0.284. The summed E-state index contributed by atoms with van der Waals surface area (Å²) in [6, 6.07) is 8.42. The van der Waals surface area contributed by atoms with Crippen LogP contribution in [0.2, 0.25) is 0 Å². The zero-order valence-corrected chi connectivity index (χ0v) is 10.8. The third-order valence-corrected chi connectivity index (χ3v) is 3.15. The first kappa shape index (κ1) is 12.6. The van der Waals surface area contributed by atoms with Gasteiger partial charge in [0.1, 0.15) is 0 Å². The molecule has 1 heterocycles. The second-order valence-corrected chi connectivity index (χ2v) is 4.86. The van der Waals surface area contributed by atoms with Gasteiger partial charge < -0.3 is 5.73 Å². The van der Waals surface area contributed by atoms with Crippen molar-refractivity contribution in [1.82, 2.24) is 4.98 Å². The van der Waals surface area contributed by atoms with Crippen LogP contribution in [0.25, 0.3) is 10.8 Å². The van der Waals surface area contributed by atoms with Crippen LogP contribution in [0.15, 0.2) is 30.5 Å². The summed E-state index contributed by atoms with van der Waals surface area (Å²) in [6.45, 7) is 4.33. The number of hydrogen-bond acceptors (Lipinski definition) is 2. The fraction of sp³-hybridized carbons (Fsp3) is 0.333. The molecule has 0 aliphatic rings. The van der Waals surface area contributed by atoms with Crippen LogP contribution < -0.4 is 5.73 Å². The number of carbonyl (C=O) groups excluding carboxylic acids is 1. The van der Waals surface area contributed by atoms with E-state index < -0.39 is 0 Å². The number of aryl methyl sites for hydroxylation is 1. The second kappa shape index (κ2) is 5.17. The van der Waals surface area contributed by atoms with E-state index in [1.807, 2.05) is 6.07 Å². The number of nitrogens with zero attached hydrogens (tertiary/aromatic N) is 1. The number of benzene rings is 1. The predicted octanol–water partition coefficient (Wildman–Crippen LogP) is 2.78. The minimum Gasteiger partial charge on any atom is -0.370 e. The van der Waals surface area contributed by atoms with Gasteiger partial charge in [-0.25, -0.2) is 0 Å². The van der Waals surface area contributed by atoms with E-state index in [0.717, 1.165) is 16.5 Å². The summed E-state index contributed by atoms with van der Waals surface area (Å²) in [6.07, 6.45) is 2.74. The predicted molar refractivity (Wildman–Crippen MR) is 73.3 cm³/mol. The molecule has 1 aromatic carbocycles. The van der Waals surface area contributed by atoms with Crippen molar-refractivity contribution in [2.24, 2.45) is 5.73 Å². The lowest BCUT2D eigenvalue weighted by Crippen LogP contribution is -2.11. The number of aromatic nitrogens is 1. The maximum Gasteiger partial charge on any atom is 0.217 e. The van der Waals surface area contributed by atoms with Gasteiger partial charge in [-0.2, -0.15) is 0 Å². The van der Waals surface area contributed by atoms with Crippen molar-refractivity contribution in [2.45, 2.75) is 32.6 Å². The average molecular weight is 242 g/mol. The van der Waals surface area contributed by atoms with Gasteiger partial charge in [0.25, 0.3) is 0 Å². The van der Waals surface area contributed by atoms with E-state index >= 15 is 0 Å². The Bertz CT molecular complexity index is 576. The van der Waals surface area contributed by atoms with E-state index in [4.69, 9.17) is 5.73 Å². The van der Waals surface area contributed by atoms with Crippen molar-refractivity contribution in [2.75, 3.05) is 0 Å².